The molecule has 0 aliphatic carbocycles. The first kappa shape index (κ1) is 21.8. The van der Waals surface area contributed by atoms with Crippen molar-refractivity contribution in [3.8, 4) is 5.75 Å². The molecular weight excluding hydrogens is 444 g/mol. The van der Waals surface area contributed by atoms with E-state index in [2.05, 4.69) is 15.7 Å². The molecule has 0 aliphatic heterocycles. The molecule has 0 spiro atoms. The summed E-state index contributed by atoms with van der Waals surface area (Å²) >= 11 is 11.8. The quantitative estimate of drug-likeness (QED) is 0.463. The fourth-order valence-electron chi connectivity index (χ4n) is 2.74. The molecule has 30 heavy (non-hydrogen) atoms. The number of aromatic hydroxyl groups is 1. The van der Waals surface area contributed by atoms with Crippen LogP contribution in [0.3, 0.4) is 0 Å². The molecule has 1 amide bonds. The lowest BCUT2D eigenvalue weighted by atomic mass is 10.1. The van der Waals surface area contributed by atoms with E-state index in [-0.39, 0.29) is 39.3 Å². The SMILES string of the molecule is Cn1cc(C(=O)NCc2ccccc2C(F)(F)F)c(Nc2cc(Cl)c(O)c(Cl)c2)n1. The minimum Gasteiger partial charge on any atom is -0.505 e. The molecule has 0 bridgehead atoms. The van der Waals surface area contributed by atoms with E-state index in [1.54, 1.807) is 7.05 Å². The minimum atomic E-state index is -4.53. The van der Waals surface area contributed by atoms with Crippen molar-refractivity contribution in [2.75, 3.05) is 5.32 Å². The number of amides is 1. The maximum atomic E-state index is 13.1. The van der Waals surface area contributed by atoms with Crippen LogP contribution in [-0.2, 0) is 19.8 Å². The Morgan fingerprint density at radius 2 is 1.83 bits per heavy atom. The van der Waals surface area contributed by atoms with Gasteiger partial charge in [-0.15, -0.1) is 0 Å². The number of aromatic nitrogens is 2. The lowest BCUT2D eigenvalue weighted by Gasteiger charge is -2.13. The van der Waals surface area contributed by atoms with Crippen LogP contribution in [0.15, 0.2) is 42.6 Å². The molecule has 2 aromatic carbocycles. The van der Waals surface area contributed by atoms with Gasteiger partial charge in [0.25, 0.3) is 5.91 Å². The van der Waals surface area contributed by atoms with Crippen LogP contribution in [0, 0.1) is 0 Å². The summed E-state index contributed by atoms with van der Waals surface area (Å²) in [5.41, 5.74) is -0.419. The first-order chi connectivity index (χ1) is 14.1. The zero-order valence-corrected chi connectivity index (χ0v) is 16.9. The van der Waals surface area contributed by atoms with Gasteiger partial charge in [0.2, 0.25) is 0 Å². The maximum Gasteiger partial charge on any atom is 0.416 e. The van der Waals surface area contributed by atoms with Crippen LogP contribution >= 0.6 is 23.2 Å². The van der Waals surface area contributed by atoms with Crippen molar-refractivity contribution < 1.29 is 23.1 Å². The highest BCUT2D eigenvalue weighted by Crippen LogP contribution is 2.36. The van der Waals surface area contributed by atoms with Gasteiger partial charge in [-0.2, -0.15) is 18.3 Å². The van der Waals surface area contributed by atoms with Crippen LogP contribution in [-0.4, -0.2) is 20.8 Å². The lowest BCUT2D eigenvalue weighted by molar-refractivity contribution is -0.138. The lowest BCUT2D eigenvalue weighted by Crippen LogP contribution is -2.24. The molecule has 3 N–H and O–H groups in total. The van der Waals surface area contributed by atoms with Crippen LogP contribution in [0.5, 0.6) is 5.75 Å². The molecule has 0 fully saturated rings. The molecule has 6 nitrogen and oxygen atoms in total. The zero-order valence-electron chi connectivity index (χ0n) is 15.4. The number of hydrogen-bond acceptors (Lipinski definition) is 4. The summed E-state index contributed by atoms with van der Waals surface area (Å²) in [6.07, 6.45) is -3.11. The average molecular weight is 459 g/mol. The molecule has 0 unspecified atom stereocenters. The number of benzene rings is 2. The van der Waals surface area contributed by atoms with Gasteiger partial charge >= 0.3 is 6.18 Å². The summed E-state index contributed by atoms with van der Waals surface area (Å²) in [4.78, 5) is 12.6. The second-order valence-electron chi connectivity index (χ2n) is 6.32. The second kappa shape index (κ2) is 8.45. The van der Waals surface area contributed by atoms with E-state index in [4.69, 9.17) is 23.2 Å². The Hall–Kier alpha value is -2.91. The number of nitrogens with one attached hydrogen (secondary N) is 2. The molecule has 0 atom stereocenters. The van der Waals surface area contributed by atoms with Gasteiger partial charge in [-0.05, 0) is 23.8 Å². The summed E-state index contributed by atoms with van der Waals surface area (Å²) in [6, 6.07) is 7.78. The molecular formula is C19H15Cl2F3N4O2. The number of hydrogen-bond donors (Lipinski definition) is 3. The van der Waals surface area contributed by atoms with Crippen LogP contribution in [0.4, 0.5) is 24.7 Å². The van der Waals surface area contributed by atoms with Gasteiger partial charge < -0.3 is 15.7 Å². The Labute approximate surface area is 179 Å². The summed E-state index contributed by atoms with van der Waals surface area (Å²) in [7, 11) is 1.58. The first-order valence-electron chi connectivity index (χ1n) is 8.48. The van der Waals surface area contributed by atoms with Gasteiger partial charge in [0, 0.05) is 25.5 Å². The van der Waals surface area contributed by atoms with Crippen molar-refractivity contribution >= 4 is 40.6 Å². The van der Waals surface area contributed by atoms with Crippen LogP contribution < -0.4 is 10.6 Å². The third-order valence-electron chi connectivity index (χ3n) is 4.12. The number of carbonyl (C=O) groups excluding carboxylic acids is 1. The van der Waals surface area contributed by atoms with Crippen molar-refractivity contribution in [2.45, 2.75) is 12.7 Å². The predicted octanol–water partition coefficient (Wildman–Crippen LogP) is 5.12. The maximum absolute atomic E-state index is 13.1. The average Bonchev–Trinajstić information content (AvgIpc) is 3.03. The molecule has 3 aromatic rings. The fraction of sp³-hybridized carbons (Fsp3) is 0.158. The fourth-order valence-corrected chi connectivity index (χ4v) is 3.23. The summed E-state index contributed by atoms with van der Waals surface area (Å²) < 4.78 is 40.7. The number of anilines is 2. The monoisotopic (exact) mass is 458 g/mol. The molecule has 1 heterocycles. The normalized spacial score (nSPS) is 11.4. The molecule has 3 rings (SSSR count). The Bertz CT molecular complexity index is 1080. The number of alkyl halides is 3. The largest absolute Gasteiger partial charge is 0.505 e. The van der Waals surface area contributed by atoms with Crippen LogP contribution in [0.2, 0.25) is 10.0 Å². The van der Waals surface area contributed by atoms with E-state index in [0.29, 0.717) is 5.69 Å². The van der Waals surface area contributed by atoms with Gasteiger partial charge in [0.15, 0.2) is 11.6 Å². The Kier molecular flexibility index (Phi) is 6.14. The third-order valence-corrected chi connectivity index (χ3v) is 4.69. The molecule has 0 aliphatic rings. The van der Waals surface area contributed by atoms with E-state index in [1.165, 1.54) is 41.2 Å². The Balaban J connectivity index is 1.80. The molecule has 0 saturated carbocycles. The molecule has 1 aromatic heterocycles. The van der Waals surface area contributed by atoms with Crippen molar-refractivity contribution in [2.24, 2.45) is 7.05 Å². The van der Waals surface area contributed by atoms with E-state index in [1.807, 2.05) is 0 Å². The number of phenols is 1. The number of halogens is 5. The highest BCUT2D eigenvalue weighted by atomic mass is 35.5. The standard InChI is InChI=1S/C19H15Cl2F3N4O2/c1-28-9-12(17(27-28)26-11-6-14(20)16(29)15(21)7-11)18(30)25-8-10-4-2-3-5-13(10)19(22,23)24/h2-7,9,29H,8H2,1H3,(H,25,30)(H,26,27). The molecule has 0 saturated heterocycles. The van der Waals surface area contributed by atoms with E-state index in [9.17, 15) is 23.1 Å². The van der Waals surface area contributed by atoms with Gasteiger partial charge in [-0.1, -0.05) is 41.4 Å². The van der Waals surface area contributed by atoms with Crippen LogP contribution in [0.1, 0.15) is 21.5 Å². The number of nitrogens with zero attached hydrogens (tertiary/aromatic N) is 2. The van der Waals surface area contributed by atoms with Gasteiger partial charge in [0.1, 0.15) is 5.56 Å². The van der Waals surface area contributed by atoms with Gasteiger partial charge in [0.05, 0.1) is 15.6 Å². The molecule has 0 radical (unpaired) electrons. The number of carbonyl (C=O) groups is 1. The van der Waals surface area contributed by atoms with E-state index in [0.717, 1.165) is 6.07 Å². The summed E-state index contributed by atoms with van der Waals surface area (Å²) in [5.74, 6) is -0.776. The van der Waals surface area contributed by atoms with Crippen molar-refractivity contribution in [1.82, 2.24) is 15.1 Å². The van der Waals surface area contributed by atoms with Gasteiger partial charge in [-0.25, -0.2) is 0 Å². The zero-order chi connectivity index (χ0) is 22.1. The molecule has 11 heteroatoms. The minimum absolute atomic E-state index is 0.00399. The first-order valence-corrected chi connectivity index (χ1v) is 9.24. The second-order valence-corrected chi connectivity index (χ2v) is 7.13. The van der Waals surface area contributed by atoms with Crippen molar-refractivity contribution in [3.63, 3.8) is 0 Å². The highest BCUT2D eigenvalue weighted by Gasteiger charge is 2.33. The number of phenolic OH excluding ortho intramolecular Hbond substituents is 1. The van der Waals surface area contributed by atoms with Crippen molar-refractivity contribution in [3.05, 3.63) is 69.3 Å². The van der Waals surface area contributed by atoms with E-state index < -0.39 is 17.6 Å². The number of rotatable bonds is 5. The summed E-state index contributed by atoms with van der Waals surface area (Å²) in [6.45, 7) is -0.320. The van der Waals surface area contributed by atoms with E-state index >= 15 is 0 Å². The Morgan fingerprint density at radius 1 is 1.20 bits per heavy atom. The molecule has 158 valence electrons. The van der Waals surface area contributed by atoms with Gasteiger partial charge in [-0.3, -0.25) is 9.48 Å². The highest BCUT2D eigenvalue weighted by molar-refractivity contribution is 6.37. The Morgan fingerprint density at radius 3 is 2.47 bits per heavy atom. The summed E-state index contributed by atoms with van der Waals surface area (Å²) in [5, 5.41) is 19.1. The number of aryl methyl sites for hydroxylation is 1. The van der Waals surface area contributed by atoms with Crippen LogP contribution in [0.25, 0.3) is 0 Å². The third kappa shape index (κ3) is 4.80. The smallest absolute Gasteiger partial charge is 0.416 e. The topological polar surface area (TPSA) is 79.2 Å². The van der Waals surface area contributed by atoms with Crippen molar-refractivity contribution in [1.29, 1.82) is 0 Å². The predicted molar refractivity (Wildman–Crippen MR) is 107 cm³/mol.